The molecule has 1 unspecified atom stereocenters. The topological polar surface area (TPSA) is 79.4 Å². The fourth-order valence-corrected chi connectivity index (χ4v) is 5.53. The first-order valence-corrected chi connectivity index (χ1v) is 13.5. The maximum absolute atomic E-state index is 14.1. The first-order valence-electron chi connectivity index (χ1n) is 12.4. The molecule has 2 aromatic carbocycles. The van der Waals surface area contributed by atoms with Crippen LogP contribution in [-0.2, 0) is 11.3 Å². The average molecular weight is 611 g/mol. The molecule has 3 aliphatic rings. The molecule has 1 aromatic heterocycles. The number of hydrogen-bond acceptors (Lipinski definition) is 7. The Kier molecular flexibility index (Phi) is 6.92. The van der Waals surface area contributed by atoms with Crippen LogP contribution in [0.2, 0.25) is 15.1 Å². The molecule has 1 saturated carbocycles. The van der Waals surface area contributed by atoms with Crippen LogP contribution < -0.4 is 5.43 Å². The van der Waals surface area contributed by atoms with Crippen molar-refractivity contribution in [2.24, 2.45) is 20.6 Å². The Balaban J connectivity index is 1.50. The molecule has 3 aromatic rings. The van der Waals surface area contributed by atoms with Gasteiger partial charge in [0.2, 0.25) is 12.1 Å². The minimum absolute atomic E-state index is 0.0829. The summed E-state index contributed by atoms with van der Waals surface area (Å²) in [5.41, 5.74) is 2.76. The number of alkyl halides is 3. The van der Waals surface area contributed by atoms with Gasteiger partial charge < -0.3 is 4.74 Å². The lowest BCUT2D eigenvalue weighted by atomic mass is 9.68. The van der Waals surface area contributed by atoms with Crippen LogP contribution in [0.3, 0.4) is 0 Å². The van der Waals surface area contributed by atoms with Gasteiger partial charge in [0.15, 0.2) is 0 Å². The highest BCUT2D eigenvalue weighted by molar-refractivity contribution is 6.36. The molecule has 0 amide bonds. The number of hydrazone groups is 2. The predicted octanol–water partition coefficient (Wildman–Crippen LogP) is 6.99. The standard InChI is InChI=1S/C26H21Cl3F3N7O/c27-15-2-5-17(6-3-15)39-20(13-38-14-33-10-11-34-38)21(35-22(39)18-7-4-16(28)12-19(18)29)23-36-37-24(40-23)25(8-1-9-25)26(30,31)32/h2-7,11-12,14,23,36H,1,8-10,13H2. The number of benzene rings is 2. The van der Waals surface area contributed by atoms with Crippen LogP contribution in [0.1, 0.15) is 36.9 Å². The fourth-order valence-electron chi connectivity index (χ4n) is 4.91. The van der Waals surface area contributed by atoms with Crippen LogP contribution in [0.25, 0.3) is 17.1 Å². The van der Waals surface area contributed by atoms with Crippen molar-refractivity contribution in [2.75, 3.05) is 6.54 Å². The molecule has 3 heterocycles. The van der Waals surface area contributed by atoms with Gasteiger partial charge in [-0.2, -0.15) is 18.3 Å². The summed E-state index contributed by atoms with van der Waals surface area (Å²) in [4.78, 5) is 9.13. The third kappa shape index (κ3) is 4.69. The molecule has 2 aliphatic heterocycles. The number of halogens is 6. The highest BCUT2D eigenvalue weighted by Crippen LogP contribution is 2.55. The van der Waals surface area contributed by atoms with Crippen molar-refractivity contribution in [3.05, 3.63) is 68.9 Å². The monoisotopic (exact) mass is 609 g/mol. The van der Waals surface area contributed by atoms with E-state index in [1.165, 1.54) is 0 Å². The van der Waals surface area contributed by atoms with Gasteiger partial charge in [-0.25, -0.2) is 9.99 Å². The summed E-state index contributed by atoms with van der Waals surface area (Å²) in [7, 11) is 0. The quantitative estimate of drug-likeness (QED) is 0.326. The zero-order valence-electron chi connectivity index (χ0n) is 20.7. The summed E-state index contributed by atoms with van der Waals surface area (Å²) >= 11 is 18.9. The second kappa shape index (κ2) is 10.3. The van der Waals surface area contributed by atoms with E-state index in [4.69, 9.17) is 44.5 Å². The van der Waals surface area contributed by atoms with Gasteiger partial charge in [-0.05, 0) is 55.3 Å². The van der Waals surface area contributed by atoms with E-state index in [0.717, 1.165) is 0 Å². The van der Waals surface area contributed by atoms with Gasteiger partial charge in [0, 0.05) is 27.5 Å². The zero-order chi connectivity index (χ0) is 28.1. The second-order valence-electron chi connectivity index (χ2n) is 9.56. The summed E-state index contributed by atoms with van der Waals surface area (Å²) in [6.45, 7) is 0.604. The fraction of sp³-hybridized carbons (Fsp3) is 0.308. The Bertz CT molecular complexity index is 1520. The lowest BCUT2D eigenvalue weighted by Gasteiger charge is -2.41. The van der Waals surface area contributed by atoms with Crippen molar-refractivity contribution in [1.82, 2.24) is 20.0 Å². The first-order chi connectivity index (χ1) is 19.2. The maximum atomic E-state index is 14.1. The second-order valence-corrected chi connectivity index (χ2v) is 10.8. The highest BCUT2D eigenvalue weighted by atomic mass is 35.5. The minimum Gasteiger partial charge on any atom is -0.448 e. The van der Waals surface area contributed by atoms with E-state index >= 15 is 0 Å². The summed E-state index contributed by atoms with van der Waals surface area (Å²) < 4.78 is 49.9. The molecular formula is C26H21Cl3F3N7O. The van der Waals surface area contributed by atoms with Crippen molar-refractivity contribution in [2.45, 2.75) is 38.2 Å². The van der Waals surface area contributed by atoms with E-state index < -0.39 is 17.8 Å². The van der Waals surface area contributed by atoms with Crippen LogP contribution >= 0.6 is 34.8 Å². The Morgan fingerprint density at radius 2 is 1.80 bits per heavy atom. The highest BCUT2D eigenvalue weighted by Gasteiger charge is 2.64. The minimum atomic E-state index is -4.49. The van der Waals surface area contributed by atoms with E-state index in [9.17, 15) is 13.2 Å². The molecule has 1 aliphatic carbocycles. The van der Waals surface area contributed by atoms with E-state index in [0.29, 0.717) is 56.5 Å². The van der Waals surface area contributed by atoms with Gasteiger partial charge >= 0.3 is 6.18 Å². The van der Waals surface area contributed by atoms with E-state index in [1.807, 2.05) is 4.57 Å². The molecule has 8 nitrogen and oxygen atoms in total. The van der Waals surface area contributed by atoms with Gasteiger partial charge in [0.05, 0.1) is 23.8 Å². The summed E-state index contributed by atoms with van der Waals surface area (Å²) in [5, 5.41) is 11.3. The number of hydrogen-bond donors (Lipinski definition) is 1. The predicted molar refractivity (Wildman–Crippen MR) is 148 cm³/mol. The molecule has 0 bridgehead atoms. The third-order valence-electron chi connectivity index (χ3n) is 7.12. The van der Waals surface area contributed by atoms with Crippen LogP contribution in [0, 0.1) is 5.41 Å². The number of nitrogens with zero attached hydrogens (tertiary/aromatic N) is 6. The molecule has 14 heteroatoms. The number of nitrogens with one attached hydrogen (secondary N) is 1. The average Bonchev–Trinajstić information content (AvgIpc) is 3.49. The SMILES string of the molecule is FC(F)(F)C1(C2=NNC(c3nc(-c4ccc(Cl)cc4Cl)n(-c4ccc(Cl)cc4)c3CN3C=NCC=N3)O2)CCC1. The van der Waals surface area contributed by atoms with Crippen molar-refractivity contribution in [3.8, 4) is 17.1 Å². The first kappa shape index (κ1) is 26.9. The molecule has 1 atom stereocenters. The van der Waals surface area contributed by atoms with Crippen molar-refractivity contribution < 1.29 is 17.9 Å². The lowest BCUT2D eigenvalue weighted by Crippen LogP contribution is -2.50. The lowest BCUT2D eigenvalue weighted by molar-refractivity contribution is -0.226. The summed E-state index contributed by atoms with van der Waals surface area (Å²) in [5.74, 6) is 0.0341. The van der Waals surface area contributed by atoms with E-state index in [1.54, 1.807) is 60.0 Å². The molecule has 1 fully saturated rings. The van der Waals surface area contributed by atoms with E-state index in [2.05, 4.69) is 20.6 Å². The number of rotatable bonds is 6. The van der Waals surface area contributed by atoms with Gasteiger partial charge in [-0.1, -0.05) is 41.2 Å². The zero-order valence-corrected chi connectivity index (χ0v) is 22.9. The van der Waals surface area contributed by atoms with Crippen LogP contribution in [0.5, 0.6) is 0 Å². The molecule has 0 spiro atoms. The molecule has 208 valence electrons. The van der Waals surface area contributed by atoms with Crippen molar-refractivity contribution in [1.29, 1.82) is 0 Å². The third-order valence-corrected chi connectivity index (χ3v) is 7.92. The Labute approximate surface area is 242 Å². The molecule has 1 N–H and O–H groups in total. The normalized spacial score (nSPS) is 19.7. The van der Waals surface area contributed by atoms with Crippen LogP contribution in [-0.4, -0.2) is 45.7 Å². The van der Waals surface area contributed by atoms with Gasteiger partial charge in [-0.15, -0.1) is 5.10 Å². The van der Waals surface area contributed by atoms with Crippen molar-refractivity contribution in [3.63, 3.8) is 0 Å². The molecule has 6 rings (SSSR count). The van der Waals surface area contributed by atoms with Gasteiger partial charge in [0.1, 0.15) is 23.3 Å². The summed E-state index contributed by atoms with van der Waals surface area (Å²) in [6.07, 6.45) is -2.08. The maximum Gasteiger partial charge on any atom is 0.403 e. The smallest absolute Gasteiger partial charge is 0.403 e. The Morgan fingerprint density at radius 1 is 1.05 bits per heavy atom. The van der Waals surface area contributed by atoms with Crippen LogP contribution in [0.15, 0.2) is 57.7 Å². The molecule has 40 heavy (non-hydrogen) atoms. The Hall–Kier alpha value is -3.28. The number of aliphatic imine (C=N–C) groups is 1. The largest absolute Gasteiger partial charge is 0.448 e. The molecular weight excluding hydrogens is 590 g/mol. The number of imidazole rings is 1. The molecule has 0 radical (unpaired) electrons. The molecule has 0 saturated heterocycles. The Morgan fingerprint density at radius 3 is 2.42 bits per heavy atom. The van der Waals surface area contributed by atoms with Crippen LogP contribution in [0.4, 0.5) is 13.2 Å². The van der Waals surface area contributed by atoms with Crippen molar-refractivity contribution >= 4 is 53.3 Å². The number of ether oxygens (including phenoxy) is 1. The number of aromatic nitrogens is 2. The van der Waals surface area contributed by atoms with Gasteiger partial charge in [-0.3, -0.25) is 15.0 Å². The van der Waals surface area contributed by atoms with Gasteiger partial charge in [0.25, 0.3) is 0 Å². The van der Waals surface area contributed by atoms with E-state index in [-0.39, 0.29) is 25.3 Å². The summed E-state index contributed by atoms with van der Waals surface area (Å²) in [6, 6.07) is 12.1.